The summed E-state index contributed by atoms with van der Waals surface area (Å²) in [6.45, 7) is 8.05. The maximum absolute atomic E-state index is 6.10. The Balaban J connectivity index is 2.34. The Labute approximate surface area is 106 Å². The van der Waals surface area contributed by atoms with Gasteiger partial charge in [-0.2, -0.15) is 10.1 Å². The van der Waals surface area contributed by atoms with Crippen molar-refractivity contribution in [2.75, 3.05) is 0 Å². The minimum Gasteiger partial charge on any atom is -0.332 e. The molecule has 0 saturated heterocycles. The molecule has 6 nitrogen and oxygen atoms in total. The van der Waals surface area contributed by atoms with Crippen LogP contribution in [0.5, 0.6) is 0 Å². The summed E-state index contributed by atoms with van der Waals surface area (Å²) in [4.78, 5) is 4.36. The highest BCUT2D eigenvalue weighted by Crippen LogP contribution is 2.29. The summed E-state index contributed by atoms with van der Waals surface area (Å²) < 4.78 is 6.98. The van der Waals surface area contributed by atoms with Crippen LogP contribution in [0.25, 0.3) is 11.6 Å². The second-order valence-corrected chi connectivity index (χ2v) is 5.60. The van der Waals surface area contributed by atoms with Crippen molar-refractivity contribution in [3.63, 3.8) is 0 Å². The summed E-state index contributed by atoms with van der Waals surface area (Å²) in [5, 5.41) is 8.21. The SMILES string of the molecule is Cc1cc(-c2nc(C(N)C(C)(C)C)no2)n(C)n1. The van der Waals surface area contributed by atoms with Crippen LogP contribution < -0.4 is 5.73 Å². The molecule has 98 valence electrons. The summed E-state index contributed by atoms with van der Waals surface area (Å²) in [7, 11) is 1.84. The summed E-state index contributed by atoms with van der Waals surface area (Å²) >= 11 is 0. The minimum absolute atomic E-state index is 0.108. The molecule has 0 aliphatic heterocycles. The average molecular weight is 249 g/mol. The first-order valence-electron chi connectivity index (χ1n) is 5.89. The molecule has 0 amide bonds. The fourth-order valence-electron chi connectivity index (χ4n) is 1.66. The van der Waals surface area contributed by atoms with Gasteiger partial charge in [0, 0.05) is 7.05 Å². The molecular formula is C12H19N5O. The monoisotopic (exact) mass is 249 g/mol. The zero-order valence-corrected chi connectivity index (χ0v) is 11.4. The van der Waals surface area contributed by atoms with Crippen LogP contribution in [0.1, 0.15) is 38.3 Å². The molecule has 2 heterocycles. The number of nitrogens with two attached hydrogens (primary N) is 1. The third-order valence-electron chi connectivity index (χ3n) is 2.87. The molecular weight excluding hydrogens is 230 g/mol. The molecule has 2 aromatic rings. The highest BCUT2D eigenvalue weighted by Gasteiger charge is 2.27. The third kappa shape index (κ3) is 2.28. The van der Waals surface area contributed by atoms with Gasteiger partial charge in [0.05, 0.1) is 11.7 Å². The lowest BCUT2D eigenvalue weighted by atomic mass is 9.87. The van der Waals surface area contributed by atoms with Gasteiger partial charge >= 0.3 is 0 Å². The largest absolute Gasteiger partial charge is 0.332 e. The van der Waals surface area contributed by atoms with Gasteiger partial charge < -0.3 is 10.3 Å². The van der Waals surface area contributed by atoms with E-state index in [-0.39, 0.29) is 11.5 Å². The molecule has 2 rings (SSSR count). The summed E-state index contributed by atoms with van der Waals surface area (Å²) in [6.07, 6.45) is 0. The number of aromatic nitrogens is 4. The van der Waals surface area contributed by atoms with Crippen LogP contribution in [0.15, 0.2) is 10.6 Å². The number of hydrogen-bond donors (Lipinski definition) is 1. The van der Waals surface area contributed by atoms with Gasteiger partial charge in [0.1, 0.15) is 5.69 Å². The molecule has 0 bridgehead atoms. The standard InChI is InChI=1S/C12H19N5O/c1-7-6-8(17(5)15-7)11-14-10(16-18-11)9(13)12(2,3)4/h6,9H,13H2,1-5H3. The summed E-state index contributed by atoms with van der Waals surface area (Å²) in [5.74, 6) is 0.976. The molecule has 0 aromatic carbocycles. The van der Waals surface area contributed by atoms with E-state index in [0.717, 1.165) is 11.4 Å². The number of hydrogen-bond acceptors (Lipinski definition) is 5. The van der Waals surface area contributed by atoms with Crippen LogP contribution in [0, 0.1) is 12.3 Å². The lowest BCUT2D eigenvalue weighted by molar-refractivity contribution is 0.303. The highest BCUT2D eigenvalue weighted by molar-refractivity contribution is 5.47. The van der Waals surface area contributed by atoms with E-state index in [9.17, 15) is 0 Å². The summed E-state index contributed by atoms with van der Waals surface area (Å²) in [5.41, 5.74) is 7.70. The Morgan fingerprint density at radius 2 is 2.06 bits per heavy atom. The maximum Gasteiger partial charge on any atom is 0.276 e. The molecule has 0 spiro atoms. The first kappa shape index (κ1) is 12.8. The van der Waals surface area contributed by atoms with Crippen LogP contribution >= 0.6 is 0 Å². The van der Waals surface area contributed by atoms with E-state index in [2.05, 4.69) is 15.2 Å². The van der Waals surface area contributed by atoms with Crippen molar-refractivity contribution in [3.8, 4) is 11.6 Å². The zero-order chi connectivity index (χ0) is 13.5. The fraction of sp³-hybridized carbons (Fsp3) is 0.583. The van der Waals surface area contributed by atoms with E-state index in [4.69, 9.17) is 10.3 Å². The lowest BCUT2D eigenvalue weighted by Crippen LogP contribution is -2.27. The normalized spacial score (nSPS) is 13.9. The van der Waals surface area contributed by atoms with Gasteiger partial charge in [0.15, 0.2) is 5.82 Å². The Morgan fingerprint density at radius 3 is 2.56 bits per heavy atom. The molecule has 2 N–H and O–H groups in total. The second kappa shape index (κ2) is 4.20. The predicted octanol–water partition coefficient (Wildman–Crippen LogP) is 1.82. The molecule has 0 saturated carbocycles. The van der Waals surface area contributed by atoms with E-state index in [1.807, 2.05) is 40.8 Å². The van der Waals surface area contributed by atoms with Gasteiger partial charge in [-0.15, -0.1) is 0 Å². The van der Waals surface area contributed by atoms with Crippen molar-refractivity contribution in [1.82, 2.24) is 19.9 Å². The van der Waals surface area contributed by atoms with Gasteiger partial charge in [-0.3, -0.25) is 4.68 Å². The molecule has 0 aliphatic rings. The molecule has 1 unspecified atom stereocenters. The fourth-order valence-corrected chi connectivity index (χ4v) is 1.66. The summed E-state index contributed by atoms with van der Waals surface area (Å²) in [6, 6.07) is 1.64. The number of nitrogens with zero attached hydrogens (tertiary/aromatic N) is 4. The van der Waals surface area contributed by atoms with E-state index >= 15 is 0 Å². The molecule has 2 aromatic heterocycles. The van der Waals surface area contributed by atoms with Gasteiger partial charge in [-0.1, -0.05) is 25.9 Å². The van der Waals surface area contributed by atoms with Crippen LogP contribution in [0.4, 0.5) is 0 Å². The first-order chi connectivity index (χ1) is 8.29. The van der Waals surface area contributed by atoms with Crippen LogP contribution in [0.3, 0.4) is 0 Å². The smallest absolute Gasteiger partial charge is 0.276 e. The number of aryl methyl sites for hydroxylation is 2. The second-order valence-electron chi connectivity index (χ2n) is 5.60. The Hall–Kier alpha value is -1.69. The van der Waals surface area contributed by atoms with Gasteiger partial charge in [0.2, 0.25) is 0 Å². The molecule has 0 fully saturated rings. The van der Waals surface area contributed by atoms with Gasteiger partial charge in [-0.05, 0) is 18.4 Å². The Bertz CT molecular complexity index is 549. The molecule has 1 atom stereocenters. The predicted molar refractivity (Wildman–Crippen MR) is 67.6 cm³/mol. The van der Waals surface area contributed by atoms with E-state index in [1.54, 1.807) is 4.68 Å². The Kier molecular flexibility index (Phi) is 2.98. The van der Waals surface area contributed by atoms with Crippen molar-refractivity contribution in [2.24, 2.45) is 18.2 Å². The average Bonchev–Trinajstić information content (AvgIpc) is 2.82. The van der Waals surface area contributed by atoms with Crippen LogP contribution in [-0.2, 0) is 7.05 Å². The van der Waals surface area contributed by atoms with Crippen molar-refractivity contribution >= 4 is 0 Å². The highest BCUT2D eigenvalue weighted by atomic mass is 16.5. The van der Waals surface area contributed by atoms with E-state index in [0.29, 0.717) is 11.7 Å². The molecule has 6 heteroatoms. The minimum atomic E-state index is -0.260. The van der Waals surface area contributed by atoms with Gasteiger partial charge in [0.25, 0.3) is 5.89 Å². The van der Waals surface area contributed by atoms with Crippen LogP contribution in [-0.4, -0.2) is 19.9 Å². The molecule has 18 heavy (non-hydrogen) atoms. The van der Waals surface area contributed by atoms with Crippen molar-refractivity contribution in [1.29, 1.82) is 0 Å². The van der Waals surface area contributed by atoms with E-state index in [1.165, 1.54) is 0 Å². The van der Waals surface area contributed by atoms with Gasteiger partial charge in [-0.25, -0.2) is 0 Å². The molecule has 0 aliphatic carbocycles. The Morgan fingerprint density at radius 1 is 1.39 bits per heavy atom. The van der Waals surface area contributed by atoms with E-state index < -0.39 is 0 Å². The van der Waals surface area contributed by atoms with Crippen LogP contribution in [0.2, 0.25) is 0 Å². The number of rotatable bonds is 2. The topological polar surface area (TPSA) is 82.8 Å². The van der Waals surface area contributed by atoms with Crippen molar-refractivity contribution in [2.45, 2.75) is 33.7 Å². The lowest BCUT2D eigenvalue weighted by Gasteiger charge is -2.23. The maximum atomic E-state index is 6.10. The third-order valence-corrected chi connectivity index (χ3v) is 2.87. The quantitative estimate of drug-likeness (QED) is 0.877. The first-order valence-corrected chi connectivity index (χ1v) is 5.89. The zero-order valence-electron chi connectivity index (χ0n) is 11.4. The van der Waals surface area contributed by atoms with Crippen molar-refractivity contribution < 1.29 is 4.52 Å². The molecule has 0 radical (unpaired) electrons. The van der Waals surface area contributed by atoms with Crippen molar-refractivity contribution in [3.05, 3.63) is 17.6 Å².